The van der Waals surface area contributed by atoms with Gasteiger partial charge in [0, 0.05) is 30.8 Å². The third-order valence-electron chi connectivity index (χ3n) is 6.37. The molecule has 4 rings (SSSR count). The molecule has 3 atom stereocenters. The Morgan fingerprint density at radius 3 is 2.48 bits per heavy atom. The van der Waals surface area contributed by atoms with Gasteiger partial charge in [0.15, 0.2) is 0 Å². The Balaban J connectivity index is 1.58. The maximum Gasteiger partial charge on any atom is 0.254 e. The molecule has 4 nitrogen and oxygen atoms in total. The molecule has 1 aliphatic carbocycles. The van der Waals surface area contributed by atoms with Crippen molar-refractivity contribution in [3.63, 3.8) is 0 Å². The van der Waals surface area contributed by atoms with Crippen LogP contribution in [0.4, 0.5) is 4.39 Å². The summed E-state index contributed by atoms with van der Waals surface area (Å²) in [4.78, 5) is 30.1. The first-order valence-electron chi connectivity index (χ1n) is 10.4. The second kappa shape index (κ2) is 8.36. The molecule has 2 fully saturated rings. The predicted molar refractivity (Wildman–Crippen MR) is 110 cm³/mol. The van der Waals surface area contributed by atoms with Crippen LogP contribution in [0.15, 0.2) is 54.6 Å². The lowest BCUT2D eigenvalue weighted by atomic mass is 9.84. The maximum absolute atomic E-state index is 14.1. The fourth-order valence-electron chi connectivity index (χ4n) is 4.92. The molecule has 2 aromatic carbocycles. The van der Waals surface area contributed by atoms with E-state index in [2.05, 4.69) is 0 Å². The van der Waals surface area contributed by atoms with E-state index >= 15 is 0 Å². The molecule has 0 spiro atoms. The maximum atomic E-state index is 14.1. The number of carbonyl (C=O) groups excluding carboxylic acids is 2. The number of fused-ring (bicyclic) bond motifs is 1. The van der Waals surface area contributed by atoms with Crippen molar-refractivity contribution in [2.24, 2.45) is 5.92 Å². The van der Waals surface area contributed by atoms with Gasteiger partial charge in [0.2, 0.25) is 5.91 Å². The summed E-state index contributed by atoms with van der Waals surface area (Å²) in [6, 6.07) is 15.4. The second-order valence-electron chi connectivity index (χ2n) is 8.23. The van der Waals surface area contributed by atoms with Crippen molar-refractivity contribution in [2.45, 2.75) is 50.7 Å². The molecule has 1 saturated carbocycles. The summed E-state index contributed by atoms with van der Waals surface area (Å²) in [5.74, 6) is -0.124. The second-order valence-corrected chi connectivity index (χ2v) is 8.23. The van der Waals surface area contributed by atoms with Crippen LogP contribution in [-0.4, -0.2) is 40.7 Å². The summed E-state index contributed by atoms with van der Waals surface area (Å²) >= 11 is 0. The number of carbonyl (C=O) groups is 2. The van der Waals surface area contributed by atoms with Gasteiger partial charge in [0.05, 0.1) is 0 Å². The molecule has 5 heteroatoms. The van der Waals surface area contributed by atoms with E-state index in [9.17, 15) is 14.0 Å². The van der Waals surface area contributed by atoms with Gasteiger partial charge in [-0.2, -0.15) is 0 Å². The zero-order chi connectivity index (χ0) is 20.4. The van der Waals surface area contributed by atoms with E-state index in [0.29, 0.717) is 23.5 Å². The van der Waals surface area contributed by atoms with Gasteiger partial charge in [0.1, 0.15) is 11.9 Å². The number of hydrogen-bond acceptors (Lipinski definition) is 2. The van der Waals surface area contributed by atoms with E-state index in [1.165, 1.54) is 6.07 Å². The third-order valence-corrected chi connectivity index (χ3v) is 6.37. The van der Waals surface area contributed by atoms with Crippen LogP contribution in [0.2, 0.25) is 0 Å². The SMILES string of the molecule is CN(Cc1ccccc1F)C(=O)C1CC2CCCCC2N1C(=O)c1ccccc1. The van der Waals surface area contributed by atoms with Crippen LogP contribution in [0.3, 0.4) is 0 Å². The van der Waals surface area contributed by atoms with Crippen LogP contribution in [-0.2, 0) is 11.3 Å². The Labute approximate surface area is 171 Å². The lowest BCUT2D eigenvalue weighted by Gasteiger charge is -2.34. The lowest BCUT2D eigenvalue weighted by molar-refractivity contribution is -0.134. The zero-order valence-corrected chi connectivity index (χ0v) is 16.8. The molecule has 0 radical (unpaired) electrons. The fraction of sp³-hybridized carbons (Fsp3) is 0.417. The minimum absolute atomic E-state index is 0.0716. The first-order chi connectivity index (χ1) is 14.1. The topological polar surface area (TPSA) is 40.6 Å². The number of amides is 2. The van der Waals surface area contributed by atoms with E-state index in [1.54, 1.807) is 30.1 Å². The molecule has 0 N–H and O–H groups in total. The Kier molecular flexibility index (Phi) is 5.65. The van der Waals surface area contributed by atoms with E-state index in [0.717, 1.165) is 25.7 Å². The predicted octanol–water partition coefficient (Wildman–Crippen LogP) is 4.26. The van der Waals surface area contributed by atoms with Crippen molar-refractivity contribution in [1.29, 1.82) is 0 Å². The quantitative estimate of drug-likeness (QED) is 0.778. The number of rotatable bonds is 4. The molecule has 2 aliphatic rings. The van der Waals surface area contributed by atoms with Gasteiger partial charge in [-0.05, 0) is 43.4 Å². The summed E-state index contributed by atoms with van der Waals surface area (Å²) in [6.07, 6.45) is 4.95. The van der Waals surface area contributed by atoms with Crippen LogP contribution in [0.25, 0.3) is 0 Å². The van der Waals surface area contributed by atoms with Gasteiger partial charge in [-0.25, -0.2) is 4.39 Å². The Morgan fingerprint density at radius 2 is 1.72 bits per heavy atom. The van der Waals surface area contributed by atoms with E-state index in [1.807, 2.05) is 35.2 Å². The molecule has 152 valence electrons. The highest BCUT2D eigenvalue weighted by Gasteiger charge is 2.48. The number of hydrogen-bond donors (Lipinski definition) is 0. The molecule has 0 bridgehead atoms. The first-order valence-corrected chi connectivity index (χ1v) is 10.4. The van der Waals surface area contributed by atoms with Gasteiger partial charge >= 0.3 is 0 Å². The first kappa shape index (κ1) is 19.6. The molecule has 1 aliphatic heterocycles. The number of likely N-dealkylation sites (tertiary alicyclic amines) is 1. The van der Waals surface area contributed by atoms with Crippen LogP contribution < -0.4 is 0 Å². The monoisotopic (exact) mass is 394 g/mol. The largest absolute Gasteiger partial charge is 0.340 e. The summed E-state index contributed by atoms with van der Waals surface area (Å²) in [7, 11) is 1.70. The molecule has 29 heavy (non-hydrogen) atoms. The van der Waals surface area contributed by atoms with Gasteiger partial charge < -0.3 is 9.80 Å². The van der Waals surface area contributed by atoms with Gasteiger partial charge in [0.25, 0.3) is 5.91 Å². The van der Waals surface area contributed by atoms with Crippen LogP contribution in [0, 0.1) is 11.7 Å². The van der Waals surface area contributed by atoms with Gasteiger partial charge in [-0.3, -0.25) is 9.59 Å². The van der Waals surface area contributed by atoms with E-state index in [-0.39, 0.29) is 30.2 Å². The van der Waals surface area contributed by atoms with Crippen LogP contribution >= 0.6 is 0 Å². The van der Waals surface area contributed by atoms with Crippen molar-refractivity contribution in [3.8, 4) is 0 Å². The van der Waals surface area contributed by atoms with Crippen molar-refractivity contribution in [2.75, 3.05) is 7.05 Å². The van der Waals surface area contributed by atoms with Crippen molar-refractivity contribution >= 4 is 11.8 Å². The smallest absolute Gasteiger partial charge is 0.254 e. The molecule has 2 aromatic rings. The highest BCUT2D eigenvalue weighted by molar-refractivity contribution is 5.98. The molecule has 0 aromatic heterocycles. The van der Waals surface area contributed by atoms with Crippen LogP contribution in [0.1, 0.15) is 48.0 Å². The van der Waals surface area contributed by atoms with Crippen molar-refractivity contribution < 1.29 is 14.0 Å². The number of halogens is 1. The zero-order valence-electron chi connectivity index (χ0n) is 16.8. The minimum Gasteiger partial charge on any atom is -0.340 e. The normalized spacial score (nSPS) is 23.5. The number of likely N-dealkylation sites (N-methyl/N-ethyl adjacent to an activating group) is 1. The molecule has 1 heterocycles. The minimum atomic E-state index is -0.479. The third kappa shape index (κ3) is 3.91. The summed E-state index contributed by atoms with van der Waals surface area (Å²) in [6.45, 7) is 0.199. The standard InChI is InChI=1S/C24H27FN2O2/c1-26(16-19-12-5-7-13-20(19)25)24(29)22-15-18-11-6-8-14-21(18)27(22)23(28)17-9-3-2-4-10-17/h2-5,7,9-10,12-13,18,21-22H,6,8,11,14-16H2,1H3. The lowest BCUT2D eigenvalue weighted by Crippen LogP contribution is -2.49. The van der Waals surface area contributed by atoms with E-state index in [4.69, 9.17) is 0 Å². The molecular weight excluding hydrogens is 367 g/mol. The van der Waals surface area contributed by atoms with Gasteiger partial charge in [-0.1, -0.05) is 49.2 Å². The summed E-state index contributed by atoms with van der Waals surface area (Å²) < 4.78 is 14.1. The highest BCUT2D eigenvalue weighted by atomic mass is 19.1. The van der Waals surface area contributed by atoms with Gasteiger partial charge in [-0.15, -0.1) is 0 Å². The van der Waals surface area contributed by atoms with E-state index < -0.39 is 6.04 Å². The number of nitrogens with zero attached hydrogens (tertiary/aromatic N) is 2. The Bertz CT molecular complexity index is 885. The van der Waals surface area contributed by atoms with Crippen LogP contribution in [0.5, 0.6) is 0 Å². The van der Waals surface area contributed by atoms with Crippen molar-refractivity contribution in [1.82, 2.24) is 9.80 Å². The Hall–Kier alpha value is -2.69. The Morgan fingerprint density at radius 1 is 1.03 bits per heavy atom. The molecular formula is C24H27FN2O2. The average molecular weight is 394 g/mol. The molecule has 2 amide bonds. The highest BCUT2D eigenvalue weighted by Crippen LogP contribution is 2.41. The fourth-order valence-corrected chi connectivity index (χ4v) is 4.92. The summed E-state index contributed by atoms with van der Waals surface area (Å²) in [5.41, 5.74) is 1.10. The summed E-state index contributed by atoms with van der Waals surface area (Å²) in [5, 5.41) is 0. The average Bonchev–Trinajstić information content (AvgIpc) is 3.14. The number of benzene rings is 2. The van der Waals surface area contributed by atoms with Crippen molar-refractivity contribution in [3.05, 3.63) is 71.5 Å². The molecule has 3 unspecified atom stereocenters. The molecule has 1 saturated heterocycles.